The van der Waals surface area contributed by atoms with E-state index in [1.165, 1.54) is 7.11 Å². The van der Waals surface area contributed by atoms with Gasteiger partial charge in [0.15, 0.2) is 5.65 Å². The Hall–Kier alpha value is -2.28. The fourth-order valence-corrected chi connectivity index (χ4v) is 2.34. The van der Waals surface area contributed by atoms with E-state index in [4.69, 9.17) is 16.3 Å². The summed E-state index contributed by atoms with van der Waals surface area (Å²) in [5.74, 6) is -0.473. The van der Waals surface area contributed by atoms with E-state index in [2.05, 4.69) is 10.2 Å². The van der Waals surface area contributed by atoms with Crippen LogP contribution in [0.5, 0.6) is 5.75 Å². The number of halogens is 4. The van der Waals surface area contributed by atoms with E-state index in [1.807, 2.05) is 0 Å². The third-order valence-corrected chi connectivity index (χ3v) is 3.33. The van der Waals surface area contributed by atoms with Crippen LogP contribution in [0.1, 0.15) is 5.82 Å². The SMILES string of the molecule is COc1ccc(-c2cc(Cl)cn3c(C(F)(F)F)nnc23)cc1. The molecule has 0 aliphatic carbocycles. The Balaban J connectivity index is 2.23. The Kier molecular flexibility index (Phi) is 3.44. The largest absolute Gasteiger partial charge is 0.497 e. The molecule has 8 heteroatoms. The van der Waals surface area contributed by atoms with E-state index in [0.717, 1.165) is 10.6 Å². The van der Waals surface area contributed by atoms with Crippen LogP contribution in [0.15, 0.2) is 36.5 Å². The highest BCUT2D eigenvalue weighted by atomic mass is 35.5. The van der Waals surface area contributed by atoms with E-state index in [9.17, 15) is 13.2 Å². The first-order chi connectivity index (χ1) is 10.4. The zero-order valence-electron chi connectivity index (χ0n) is 11.2. The molecule has 4 nitrogen and oxygen atoms in total. The molecular formula is C14H9ClF3N3O. The number of pyridine rings is 1. The third kappa shape index (κ3) is 2.48. The van der Waals surface area contributed by atoms with Crippen molar-refractivity contribution in [2.75, 3.05) is 7.11 Å². The number of hydrogen-bond acceptors (Lipinski definition) is 3. The molecule has 0 amide bonds. The van der Waals surface area contributed by atoms with Gasteiger partial charge in [0.05, 0.1) is 12.1 Å². The van der Waals surface area contributed by atoms with Crippen LogP contribution in [0.4, 0.5) is 13.2 Å². The van der Waals surface area contributed by atoms with Crippen LogP contribution < -0.4 is 4.74 Å². The van der Waals surface area contributed by atoms with Gasteiger partial charge in [0.25, 0.3) is 0 Å². The molecule has 1 aromatic carbocycles. The molecular weight excluding hydrogens is 319 g/mol. The summed E-state index contributed by atoms with van der Waals surface area (Å²) in [4.78, 5) is 0. The van der Waals surface area contributed by atoms with Gasteiger partial charge in [0.1, 0.15) is 5.75 Å². The minimum absolute atomic E-state index is 0.0851. The zero-order chi connectivity index (χ0) is 15.9. The maximum Gasteiger partial charge on any atom is 0.452 e. The molecule has 22 heavy (non-hydrogen) atoms. The van der Waals surface area contributed by atoms with Crippen LogP contribution in [0.25, 0.3) is 16.8 Å². The first-order valence-corrected chi connectivity index (χ1v) is 6.54. The monoisotopic (exact) mass is 327 g/mol. The predicted octanol–water partition coefficient (Wildman–Crippen LogP) is 4.08. The fourth-order valence-electron chi connectivity index (χ4n) is 2.14. The fraction of sp³-hybridized carbons (Fsp3) is 0.143. The molecule has 0 saturated heterocycles. The highest BCUT2D eigenvalue weighted by molar-refractivity contribution is 6.30. The standard InChI is InChI=1S/C14H9ClF3N3O/c1-22-10-4-2-8(3-5-10)11-6-9(15)7-21-12(11)19-20-13(21)14(16,17)18/h2-7H,1H3. The number of aromatic nitrogens is 3. The molecule has 0 atom stereocenters. The van der Waals surface area contributed by atoms with Crippen molar-refractivity contribution >= 4 is 17.2 Å². The molecule has 0 saturated carbocycles. The number of hydrogen-bond donors (Lipinski definition) is 0. The number of nitrogens with zero attached hydrogens (tertiary/aromatic N) is 3. The Morgan fingerprint density at radius 2 is 1.82 bits per heavy atom. The second-order valence-electron chi connectivity index (χ2n) is 4.52. The van der Waals surface area contributed by atoms with Crippen LogP contribution in [0.3, 0.4) is 0 Å². The lowest BCUT2D eigenvalue weighted by Gasteiger charge is -2.08. The number of alkyl halides is 3. The van der Waals surface area contributed by atoms with Crippen molar-refractivity contribution in [3.63, 3.8) is 0 Å². The van der Waals surface area contributed by atoms with Crippen molar-refractivity contribution < 1.29 is 17.9 Å². The molecule has 0 aliphatic heterocycles. The summed E-state index contributed by atoms with van der Waals surface area (Å²) in [6, 6.07) is 8.38. The lowest BCUT2D eigenvalue weighted by Crippen LogP contribution is -2.10. The van der Waals surface area contributed by atoms with Crippen LogP contribution in [0, 0.1) is 0 Å². The molecule has 0 N–H and O–H groups in total. The molecule has 0 fully saturated rings. The molecule has 2 aromatic heterocycles. The van der Waals surface area contributed by atoms with Gasteiger partial charge in [0, 0.05) is 11.8 Å². The average Bonchev–Trinajstić information content (AvgIpc) is 2.90. The van der Waals surface area contributed by atoms with Crippen LogP contribution in [-0.2, 0) is 6.18 Å². The Labute approximate surface area is 128 Å². The van der Waals surface area contributed by atoms with E-state index >= 15 is 0 Å². The number of fused-ring (bicyclic) bond motifs is 1. The van der Waals surface area contributed by atoms with Crippen molar-refractivity contribution in [1.82, 2.24) is 14.6 Å². The Morgan fingerprint density at radius 3 is 2.41 bits per heavy atom. The summed E-state index contributed by atoms with van der Waals surface area (Å²) >= 11 is 5.94. The molecule has 0 spiro atoms. The van der Waals surface area contributed by atoms with Gasteiger partial charge < -0.3 is 4.74 Å². The second kappa shape index (κ2) is 5.17. The van der Waals surface area contributed by atoms with Crippen molar-refractivity contribution in [1.29, 1.82) is 0 Å². The third-order valence-electron chi connectivity index (χ3n) is 3.13. The van der Waals surface area contributed by atoms with Crippen molar-refractivity contribution in [3.8, 4) is 16.9 Å². The minimum atomic E-state index is -4.61. The lowest BCUT2D eigenvalue weighted by atomic mass is 10.1. The molecule has 114 valence electrons. The Morgan fingerprint density at radius 1 is 1.14 bits per heavy atom. The molecule has 3 aromatic rings. The van der Waals surface area contributed by atoms with E-state index in [0.29, 0.717) is 16.9 Å². The van der Waals surface area contributed by atoms with Gasteiger partial charge in [-0.15, -0.1) is 10.2 Å². The predicted molar refractivity (Wildman–Crippen MR) is 75.0 cm³/mol. The number of ether oxygens (including phenoxy) is 1. The molecule has 0 bridgehead atoms. The quantitative estimate of drug-likeness (QED) is 0.712. The molecule has 0 unspecified atom stereocenters. The van der Waals surface area contributed by atoms with Crippen molar-refractivity contribution in [2.45, 2.75) is 6.18 Å². The maximum atomic E-state index is 12.9. The van der Waals surface area contributed by atoms with Gasteiger partial charge in [0.2, 0.25) is 5.82 Å². The van der Waals surface area contributed by atoms with Crippen molar-refractivity contribution in [3.05, 3.63) is 47.4 Å². The van der Waals surface area contributed by atoms with Gasteiger partial charge in [-0.2, -0.15) is 13.2 Å². The molecule has 0 radical (unpaired) electrons. The van der Waals surface area contributed by atoms with Crippen LogP contribution in [-0.4, -0.2) is 21.7 Å². The maximum absolute atomic E-state index is 12.9. The minimum Gasteiger partial charge on any atom is -0.497 e. The van der Waals surface area contributed by atoms with Crippen LogP contribution >= 0.6 is 11.6 Å². The van der Waals surface area contributed by atoms with Gasteiger partial charge in [-0.3, -0.25) is 4.40 Å². The number of rotatable bonds is 2. The highest BCUT2D eigenvalue weighted by Gasteiger charge is 2.37. The zero-order valence-corrected chi connectivity index (χ0v) is 12.0. The first-order valence-electron chi connectivity index (χ1n) is 6.16. The smallest absolute Gasteiger partial charge is 0.452 e. The van der Waals surface area contributed by atoms with Gasteiger partial charge >= 0.3 is 6.18 Å². The summed E-state index contributed by atoms with van der Waals surface area (Å²) in [6.45, 7) is 0. The van der Waals surface area contributed by atoms with Gasteiger partial charge in [-0.05, 0) is 23.8 Å². The number of benzene rings is 1. The normalized spacial score (nSPS) is 11.9. The molecule has 0 aliphatic rings. The summed E-state index contributed by atoms with van der Waals surface area (Å²) < 4.78 is 44.7. The van der Waals surface area contributed by atoms with E-state index < -0.39 is 12.0 Å². The van der Waals surface area contributed by atoms with E-state index in [-0.39, 0.29) is 10.7 Å². The summed E-state index contributed by atoms with van der Waals surface area (Å²) in [6.07, 6.45) is -3.46. The molecule has 3 rings (SSSR count). The topological polar surface area (TPSA) is 39.4 Å². The first kappa shape index (κ1) is 14.6. The summed E-state index contributed by atoms with van der Waals surface area (Å²) in [5, 5.41) is 7.04. The van der Waals surface area contributed by atoms with Gasteiger partial charge in [-0.25, -0.2) is 0 Å². The number of methoxy groups -OCH3 is 1. The van der Waals surface area contributed by atoms with Gasteiger partial charge in [-0.1, -0.05) is 23.7 Å². The second-order valence-corrected chi connectivity index (χ2v) is 4.95. The van der Waals surface area contributed by atoms with Crippen LogP contribution in [0.2, 0.25) is 5.02 Å². The summed E-state index contributed by atoms with van der Waals surface area (Å²) in [5.41, 5.74) is 1.20. The average molecular weight is 328 g/mol. The highest BCUT2D eigenvalue weighted by Crippen LogP contribution is 2.33. The molecule has 2 heterocycles. The summed E-state index contributed by atoms with van der Waals surface area (Å²) in [7, 11) is 1.53. The van der Waals surface area contributed by atoms with E-state index in [1.54, 1.807) is 30.3 Å². The lowest BCUT2D eigenvalue weighted by molar-refractivity contribution is -0.145. The Bertz CT molecular complexity index is 828. The van der Waals surface area contributed by atoms with Crippen molar-refractivity contribution in [2.24, 2.45) is 0 Å².